The molecule has 0 N–H and O–H groups in total. The van der Waals surface area contributed by atoms with Gasteiger partial charge in [-0.15, -0.1) is 0 Å². The topological polar surface area (TPSA) is 62.5 Å². The molecule has 0 saturated heterocycles. The minimum atomic E-state index is -0.434. The number of nitrogens with zero attached hydrogens (tertiary/aromatic N) is 4. The van der Waals surface area contributed by atoms with E-state index < -0.39 is 5.41 Å². The molecule has 1 aromatic heterocycles. The number of rotatable bonds is 4. The molecule has 1 aliphatic carbocycles. The number of fused-ring (bicyclic) bond motifs is 9. The molecule has 8 aromatic rings. The molecule has 1 aliphatic heterocycles. The Bertz CT molecular complexity index is 2680. The Kier molecular flexibility index (Phi) is 6.99. The van der Waals surface area contributed by atoms with Gasteiger partial charge in [-0.2, -0.15) is 5.26 Å². The van der Waals surface area contributed by atoms with Gasteiger partial charge in [0.05, 0.1) is 17.0 Å². The summed E-state index contributed by atoms with van der Waals surface area (Å²) in [5.41, 5.74) is 12.8. The molecule has 7 aromatic carbocycles. The van der Waals surface area contributed by atoms with E-state index in [4.69, 9.17) is 15.0 Å². The molecule has 0 unspecified atom stereocenters. The Morgan fingerprint density at radius 3 is 1.62 bits per heavy atom. The number of hydrogen-bond donors (Lipinski definition) is 0. The Labute approximate surface area is 306 Å². The van der Waals surface area contributed by atoms with Crippen molar-refractivity contribution in [2.24, 2.45) is 0 Å². The molecule has 4 nitrogen and oxygen atoms in total. The van der Waals surface area contributed by atoms with Crippen LogP contribution in [-0.2, 0) is 5.41 Å². The van der Waals surface area contributed by atoms with Crippen molar-refractivity contribution >= 4 is 11.8 Å². The second kappa shape index (κ2) is 12.0. The van der Waals surface area contributed by atoms with Gasteiger partial charge in [-0.3, -0.25) is 0 Å². The van der Waals surface area contributed by atoms with Gasteiger partial charge in [-0.25, -0.2) is 15.0 Å². The van der Waals surface area contributed by atoms with E-state index in [0.29, 0.717) is 23.0 Å². The average Bonchev–Trinajstić information content (AvgIpc) is 3.51. The quantitative estimate of drug-likeness (QED) is 0.185. The van der Waals surface area contributed by atoms with Gasteiger partial charge in [0.15, 0.2) is 17.5 Å². The molecule has 0 amide bonds. The lowest BCUT2D eigenvalue weighted by Crippen LogP contribution is -2.31. The summed E-state index contributed by atoms with van der Waals surface area (Å²) >= 11 is 1.81. The van der Waals surface area contributed by atoms with Gasteiger partial charge in [0.1, 0.15) is 0 Å². The molecule has 242 valence electrons. The zero-order chi connectivity index (χ0) is 34.6. The molecule has 0 saturated carbocycles. The third kappa shape index (κ3) is 4.66. The van der Waals surface area contributed by atoms with Crippen LogP contribution >= 0.6 is 11.8 Å². The predicted molar refractivity (Wildman–Crippen MR) is 208 cm³/mol. The summed E-state index contributed by atoms with van der Waals surface area (Å²) in [5, 5.41) is 9.41. The van der Waals surface area contributed by atoms with Crippen molar-refractivity contribution in [2.45, 2.75) is 15.2 Å². The van der Waals surface area contributed by atoms with Crippen molar-refractivity contribution in [3.05, 3.63) is 198 Å². The fourth-order valence-corrected chi connectivity index (χ4v) is 9.16. The Morgan fingerprint density at radius 2 is 0.923 bits per heavy atom. The first-order valence-electron chi connectivity index (χ1n) is 17.2. The SMILES string of the molecule is N#Cc1cccc(-c2ccc(-c3nc(-c4ccccc4)nc(-c4ccc5c(c4)Sc4ccccc4C54c5ccccc5-c5ccccc54)n3)cc2)c1. The van der Waals surface area contributed by atoms with Crippen molar-refractivity contribution < 1.29 is 0 Å². The monoisotopic (exact) mass is 680 g/mol. The highest BCUT2D eigenvalue weighted by atomic mass is 32.2. The maximum absolute atomic E-state index is 9.41. The van der Waals surface area contributed by atoms with Crippen molar-refractivity contribution in [1.29, 1.82) is 5.26 Å². The van der Waals surface area contributed by atoms with Crippen molar-refractivity contribution in [1.82, 2.24) is 15.0 Å². The lowest BCUT2D eigenvalue weighted by molar-refractivity contribution is 0.722. The molecule has 0 atom stereocenters. The molecule has 2 aliphatic rings. The smallest absolute Gasteiger partial charge is 0.164 e. The van der Waals surface area contributed by atoms with E-state index in [1.165, 1.54) is 43.2 Å². The summed E-state index contributed by atoms with van der Waals surface area (Å²) in [4.78, 5) is 17.6. The molecule has 5 heteroatoms. The van der Waals surface area contributed by atoms with Gasteiger partial charge in [0.2, 0.25) is 0 Å². The predicted octanol–water partition coefficient (Wildman–Crippen LogP) is 11.2. The molecule has 0 radical (unpaired) electrons. The molecule has 0 bridgehead atoms. The van der Waals surface area contributed by atoms with Gasteiger partial charge >= 0.3 is 0 Å². The summed E-state index contributed by atoms with van der Waals surface area (Å²) in [5.74, 6) is 1.85. The van der Waals surface area contributed by atoms with Crippen LogP contribution in [0, 0.1) is 11.3 Å². The molecule has 2 heterocycles. The fraction of sp³-hybridized carbons (Fsp3) is 0.0213. The van der Waals surface area contributed by atoms with E-state index in [9.17, 15) is 5.26 Å². The molecule has 10 rings (SSSR count). The zero-order valence-electron chi connectivity index (χ0n) is 27.9. The van der Waals surface area contributed by atoms with Gasteiger partial charge in [0, 0.05) is 26.5 Å². The summed E-state index contributed by atoms with van der Waals surface area (Å²) in [6, 6.07) is 61.5. The maximum Gasteiger partial charge on any atom is 0.164 e. The second-order valence-corrected chi connectivity index (χ2v) is 14.2. The van der Waals surface area contributed by atoms with Gasteiger partial charge in [0.25, 0.3) is 0 Å². The molecular weight excluding hydrogens is 653 g/mol. The van der Waals surface area contributed by atoms with Crippen molar-refractivity contribution in [2.75, 3.05) is 0 Å². The van der Waals surface area contributed by atoms with Gasteiger partial charge in [-0.1, -0.05) is 157 Å². The van der Waals surface area contributed by atoms with Crippen LogP contribution < -0.4 is 0 Å². The second-order valence-electron chi connectivity index (χ2n) is 13.1. The summed E-state index contributed by atoms with van der Waals surface area (Å²) in [6.07, 6.45) is 0. The molecule has 0 fully saturated rings. The average molecular weight is 681 g/mol. The first-order valence-corrected chi connectivity index (χ1v) is 18.1. The standard InChI is InChI=1S/C47H28N4S/c48-29-30-11-10-14-34(27-30)31-21-23-33(24-22-31)45-49-44(32-12-2-1-3-13-32)50-46(51-45)35-25-26-41-43(28-35)52-42-20-9-8-19-40(42)47(41)38-17-6-4-15-36(38)37-16-5-7-18-39(37)47/h1-28H. The fourth-order valence-electron chi connectivity index (χ4n) is 7.93. The summed E-state index contributed by atoms with van der Waals surface area (Å²) in [6.45, 7) is 0. The van der Waals surface area contributed by atoms with E-state index in [0.717, 1.165) is 27.8 Å². The third-order valence-electron chi connectivity index (χ3n) is 10.2. The van der Waals surface area contributed by atoms with Crippen LogP contribution in [0.3, 0.4) is 0 Å². The highest BCUT2D eigenvalue weighted by molar-refractivity contribution is 7.99. The molecular formula is C47H28N4S. The Hall–Kier alpha value is -6.61. The van der Waals surface area contributed by atoms with Crippen LogP contribution in [-0.4, -0.2) is 15.0 Å². The minimum absolute atomic E-state index is 0.434. The summed E-state index contributed by atoms with van der Waals surface area (Å²) < 4.78 is 0. The highest BCUT2D eigenvalue weighted by Crippen LogP contribution is 2.62. The van der Waals surface area contributed by atoms with Crippen LogP contribution in [0.4, 0.5) is 0 Å². The van der Waals surface area contributed by atoms with Crippen molar-refractivity contribution in [3.8, 4) is 62.5 Å². The first-order chi connectivity index (χ1) is 25.7. The normalized spacial score (nSPS) is 13.1. The number of nitriles is 1. The van der Waals surface area contributed by atoms with E-state index in [2.05, 4.69) is 109 Å². The van der Waals surface area contributed by atoms with Crippen LogP contribution in [0.1, 0.15) is 27.8 Å². The Balaban J connectivity index is 1.14. The maximum atomic E-state index is 9.41. The minimum Gasteiger partial charge on any atom is -0.208 e. The molecule has 1 spiro atoms. The van der Waals surface area contributed by atoms with Crippen LogP contribution in [0.2, 0.25) is 0 Å². The number of benzene rings is 7. The van der Waals surface area contributed by atoms with Gasteiger partial charge < -0.3 is 0 Å². The highest BCUT2D eigenvalue weighted by Gasteiger charge is 2.50. The number of hydrogen-bond acceptors (Lipinski definition) is 5. The van der Waals surface area contributed by atoms with E-state index in [1.54, 1.807) is 0 Å². The first kappa shape index (κ1) is 30.2. The lowest BCUT2D eigenvalue weighted by atomic mass is 9.67. The van der Waals surface area contributed by atoms with E-state index in [-0.39, 0.29) is 0 Å². The Morgan fingerprint density at radius 1 is 0.404 bits per heavy atom. The summed E-state index contributed by atoms with van der Waals surface area (Å²) in [7, 11) is 0. The van der Waals surface area contributed by atoms with Crippen LogP contribution in [0.5, 0.6) is 0 Å². The van der Waals surface area contributed by atoms with Gasteiger partial charge in [-0.05, 0) is 68.8 Å². The number of aromatic nitrogens is 3. The molecule has 52 heavy (non-hydrogen) atoms. The van der Waals surface area contributed by atoms with Crippen molar-refractivity contribution in [3.63, 3.8) is 0 Å². The van der Waals surface area contributed by atoms with E-state index in [1.807, 2.05) is 78.5 Å². The third-order valence-corrected chi connectivity index (χ3v) is 11.4. The zero-order valence-corrected chi connectivity index (χ0v) is 28.7. The van der Waals surface area contributed by atoms with Crippen LogP contribution in [0.25, 0.3) is 56.4 Å². The van der Waals surface area contributed by atoms with E-state index >= 15 is 0 Å². The lowest BCUT2D eigenvalue weighted by Gasteiger charge is -2.39. The van der Waals surface area contributed by atoms with Crippen LogP contribution in [0.15, 0.2) is 180 Å². The largest absolute Gasteiger partial charge is 0.208 e.